The minimum atomic E-state index is -4.65. The molecule has 1 aliphatic rings. The smallest absolute Gasteiger partial charge is 0.422 e. The zero-order valence-corrected chi connectivity index (χ0v) is 16.2. The van der Waals surface area contributed by atoms with Crippen LogP contribution >= 0.6 is 0 Å². The number of benzene rings is 1. The first kappa shape index (κ1) is 23.5. The van der Waals surface area contributed by atoms with Gasteiger partial charge in [0.25, 0.3) is 0 Å². The second kappa shape index (κ2) is 8.43. The Hall–Kier alpha value is -3.13. The standard InChI is InChI=1S/C18H16F7N5O2/c1-29-27-10-30(28-29)8-16(31,13-4-2-11(19)6-14(13)20)18(24,25)15-5-3-12(7-26-15)32-9-17(21,22)23/h2-7,10,28,31H,8-9H2,1H3. The van der Waals surface area contributed by atoms with E-state index in [1.807, 2.05) is 0 Å². The Kier molecular flexibility index (Phi) is 6.20. The first-order chi connectivity index (χ1) is 14.8. The number of ether oxygens (including phenoxy) is 1. The number of halogens is 7. The second-order valence-corrected chi connectivity index (χ2v) is 6.82. The second-order valence-electron chi connectivity index (χ2n) is 6.82. The molecule has 7 nitrogen and oxygen atoms in total. The highest BCUT2D eigenvalue weighted by Crippen LogP contribution is 2.46. The predicted molar refractivity (Wildman–Crippen MR) is 96.0 cm³/mol. The SMILES string of the molecule is CN1N=CN(CC(O)(c2ccc(F)cc2F)C(F)(F)c2ccc(OCC(F)(F)F)cn2)N1. The van der Waals surface area contributed by atoms with Crippen LogP contribution in [-0.4, -0.2) is 52.9 Å². The van der Waals surface area contributed by atoms with E-state index in [-0.39, 0.29) is 0 Å². The minimum Gasteiger partial charge on any atom is -0.483 e. The molecule has 0 saturated heterocycles. The molecule has 2 heterocycles. The van der Waals surface area contributed by atoms with Gasteiger partial charge in [0.15, 0.2) is 12.2 Å². The molecule has 0 radical (unpaired) electrons. The van der Waals surface area contributed by atoms with E-state index >= 15 is 8.78 Å². The van der Waals surface area contributed by atoms with E-state index in [0.29, 0.717) is 30.5 Å². The Labute approximate surface area is 176 Å². The van der Waals surface area contributed by atoms with Crippen LogP contribution in [0.3, 0.4) is 0 Å². The highest BCUT2D eigenvalue weighted by molar-refractivity contribution is 5.55. The van der Waals surface area contributed by atoms with E-state index < -0.39 is 59.5 Å². The van der Waals surface area contributed by atoms with Crippen molar-refractivity contribution >= 4 is 6.34 Å². The van der Waals surface area contributed by atoms with Crippen LogP contribution in [0.2, 0.25) is 0 Å². The van der Waals surface area contributed by atoms with E-state index in [0.717, 1.165) is 22.5 Å². The van der Waals surface area contributed by atoms with Crippen molar-refractivity contribution in [1.82, 2.24) is 20.6 Å². The third kappa shape index (κ3) is 4.85. The number of rotatable bonds is 7. The molecule has 1 aliphatic heterocycles. The number of nitrogens with zero attached hydrogens (tertiary/aromatic N) is 4. The number of aromatic nitrogens is 1. The van der Waals surface area contributed by atoms with Gasteiger partial charge >= 0.3 is 12.1 Å². The summed E-state index contributed by atoms with van der Waals surface area (Å²) in [6.45, 7) is -2.63. The van der Waals surface area contributed by atoms with E-state index in [2.05, 4.69) is 20.4 Å². The summed E-state index contributed by atoms with van der Waals surface area (Å²) in [4.78, 5) is 3.40. The van der Waals surface area contributed by atoms with Crippen LogP contribution in [0.25, 0.3) is 0 Å². The van der Waals surface area contributed by atoms with E-state index in [9.17, 15) is 27.1 Å². The average molecular weight is 467 g/mol. The van der Waals surface area contributed by atoms with Crippen molar-refractivity contribution in [1.29, 1.82) is 0 Å². The molecule has 0 aliphatic carbocycles. The Morgan fingerprint density at radius 3 is 2.34 bits per heavy atom. The first-order valence-corrected chi connectivity index (χ1v) is 8.84. The van der Waals surface area contributed by atoms with Gasteiger partial charge in [0.2, 0.25) is 0 Å². The van der Waals surface area contributed by atoms with Gasteiger partial charge in [-0.15, -0.1) is 10.6 Å². The molecule has 0 spiro atoms. The Morgan fingerprint density at radius 1 is 1.09 bits per heavy atom. The average Bonchev–Trinajstić information content (AvgIpc) is 3.10. The lowest BCUT2D eigenvalue weighted by atomic mass is 9.84. The molecule has 2 aromatic rings. The van der Waals surface area contributed by atoms with Crippen LogP contribution in [-0.2, 0) is 11.5 Å². The molecule has 1 aromatic carbocycles. The maximum absolute atomic E-state index is 15.5. The van der Waals surface area contributed by atoms with Crippen molar-refractivity contribution in [3.63, 3.8) is 0 Å². The summed E-state index contributed by atoms with van der Waals surface area (Å²) < 4.78 is 100. The predicted octanol–water partition coefficient (Wildman–Crippen LogP) is 2.89. The molecule has 0 saturated carbocycles. The summed E-state index contributed by atoms with van der Waals surface area (Å²) >= 11 is 0. The molecule has 0 fully saturated rings. The van der Waals surface area contributed by atoms with Crippen molar-refractivity contribution in [2.75, 3.05) is 20.2 Å². The maximum Gasteiger partial charge on any atom is 0.422 e. The third-order valence-corrected chi connectivity index (χ3v) is 4.39. The van der Waals surface area contributed by atoms with Crippen molar-refractivity contribution in [3.8, 4) is 5.75 Å². The number of nitrogens with one attached hydrogen (secondary N) is 1. The molecule has 0 bridgehead atoms. The van der Waals surface area contributed by atoms with Crippen LogP contribution in [0.1, 0.15) is 11.3 Å². The minimum absolute atomic E-state index is 0.329. The number of hydrogen-bond donors (Lipinski definition) is 2. The number of hydrogen-bond acceptors (Lipinski definition) is 7. The summed E-state index contributed by atoms with van der Waals surface area (Å²) in [7, 11) is 1.42. The molecule has 1 aromatic heterocycles. The van der Waals surface area contributed by atoms with Gasteiger partial charge in [0.1, 0.15) is 29.4 Å². The number of alkyl halides is 5. The molecular formula is C18H16F7N5O2. The molecule has 0 amide bonds. The van der Waals surface area contributed by atoms with Gasteiger partial charge < -0.3 is 9.84 Å². The van der Waals surface area contributed by atoms with Crippen LogP contribution < -0.4 is 10.3 Å². The number of hydrazine groups is 2. The zero-order chi connectivity index (χ0) is 23.7. The largest absolute Gasteiger partial charge is 0.483 e. The van der Waals surface area contributed by atoms with Gasteiger partial charge in [-0.1, -0.05) is 0 Å². The summed E-state index contributed by atoms with van der Waals surface area (Å²) in [6.07, 6.45) is -3.00. The Morgan fingerprint density at radius 2 is 1.81 bits per heavy atom. The van der Waals surface area contributed by atoms with Gasteiger partial charge in [0, 0.05) is 18.7 Å². The number of β-amino-alcohol motifs (C(OH)–C–C–N with tert-alkyl or cyclic N) is 1. The van der Waals surface area contributed by atoms with Crippen LogP contribution in [0.5, 0.6) is 5.75 Å². The zero-order valence-electron chi connectivity index (χ0n) is 16.2. The fourth-order valence-electron chi connectivity index (χ4n) is 2.91. The lowest BCUT2D eigenvalue weighted by molar-refractivity contribution is -0.207. The fraction of sp³-hybridized carbons (Fsp3) is 0.333. The van der Waals surface area contributed by atoms with Crippen molar-refractivity contribution in [3.05, 3.63) is 59.4 Å². The fourth-order valence-corrected chi connectivity index (χ4v) is 2.91. The number of pyridine rings is 1. The van der Waals surface area contributed by atoms with Crippen molar-refractivity contribution in [2.24, 2.45) is 5.10 Å². The summed E-state index contributed by atoms with van der Waals surface area (Å²) in [5, 5.41) is 16.8. The van der Waals surface area contributed by atoms with E-state index in [1.54, 1.807) is 0 Å². The Balaban J connectivity index is 1.98. The van der Waals surface area contributed by atoms with Gasteiger partial charge in [-0.3, -0.25) is 9.99 Å². The van der Waals surface area contributed by atoms with E-state index in [1.165, 1.54) is 7.05 Å². The lowest BCUT2D eigenvalue weighted by Gasteiger charge is -2.38. The molecule has 3 rings (SSSR count). The van der Waals surface area contributed by atoms with Crippen LogP contribution in [0.4, 0.5) is 30.7 Å². The molecule has 2 N–H and O–H groups in total. The number of aliphatic hydroxyl groups is 1. The highest BCUT2D eigenvalue weighted by atomic mass is 19.4. The summed E-state index contributed by atoms with van der Waals surface area (Å²) in [5.74, 6) is -7.25. The molecule has 174 valence electrons. The van der Waals surface area contributed by atoms with Crippen molar-refractivity contribution in [2.45, 2.75) is 17.7 Å². The van der Waals surface area contributed by atoms with Gasteiger partial charge in [-0.05, 0) is 24.3 Å². The quantitative estimate of drug-likeness (QED) is 0.611. The number of hydrazone groups is 1. The molecule has 1 atom stereocenters. The molecular weight excluding hydrogens is 451 g/mol. The summed E-state index contributed by atoms with van der Waals surface area (Å²) in [6, 6.07) is 3.12. The lowest BCUT2D eigenvalue weighted by Crippen LogP contribution is -2.55. The van der Waals surface area contributed by atoms with Gasteiger partial charge in [-0.25, -0.2) is 13.9 Å². The summed E-state index contributed by atoms with van der Waals surface area (Å²) in [5.41, 5.74) is -2.86. The van der Waals surface area contributed by atoms with Crippen LogP contribution in [0, 0.1) is 11.6 Å². The van der Waals surface area contributed by atoms with Crippen molar-refractivity contribution < 1.29 is 40.6 Å². The van der Waals surface area contributed by atoms with Gasteiger partial charge in [-0.2, -0.15) is 22.0 Å². The first-order valence-electron chi connectivity index (χ1n) is 8.84. The van der Waals surface area contributed by atoms with Gasteiger partial charge in [0.05, 0.1) is 12.7 Å². The molecule has 1 unspecified atom stereocenters. The topological polar surface area (TPSA) is 73.2 Å². The maximum atomic E-state index is 15.5. The monoisotopic (exact) mass is 467 g/mol. The molecule has 32 heavy (non-hydrogen) atoms. The third-order valence-electron chi connectivity index (χ3n) is 4.39. The normalized spacial score (nSPS) is 16.4. The van der Waals surface area contributed by atoms with E-state index in [4.69, 9.17) is 0 Å². The highest BCUT2D eigenvalue weighted by Gasteiger charge is 2.58. The van der Waals surface area contributed by atoms with Crippen LogP contribution in [0.15, 0.2) is 41.6 Å². The molecule has 14 heteroatoms. The Bertz CT molecular complexity index is 987.